The van der Waals surface area contributed by atoms with Crippen molar-refractivity contribution in [2.24, 2.45) is 0 Å². The molecule has 0 aromatic carbocycles. The monoisotopic (exact) mass is 342 g/mol. The average Bonchev–Trinajstić information content (AvgIpc) is 2.53. The Morgan fingerprint density at radius 1 is 0.667 bits per heavy atom. The van der Waals surface area contributed by atoms with Crippen molar-refractivity contribution in [3.8, 4) is 0 Å². The zero-order chi connectivity index (χ0) is 17.9. The summed E-state index contributed by atoms with van der Waals surface area (Å²) in [6.45, 7) is 4.15. The van der Waals surface area contributed by atoms with Crippen molar-refractivity contribution in [2.45, 2.75) is 123 Å². The molecule has 0 radical (unpaired) electrons. The van der Waals surface area contributed by atoms with Crippen molar-refractivity contribution < 1.29 is 14.6 Å². The van der Waals surface area contributed by atoms with Gasteiger partial charge in [-0.3, -0.25) is 4.79 Å². The van der Waals surface area contributed by atoms with Crippen LogP contribution in [-0.4, -0.2) is 23.8 Å². The molecule has 0 atom stereocenters. The Labute approximate surface area is 150 Å². The lowest BCUT2D eigenvalue weighted by molar-refractivity contribution is -0.147. The summed E-state index contributed by atoms with van der Waals surface area (Å²) in [6, 6.07) is 0. The molecule has 0 heterocycles. The van der Waals surface area contributed by atoms with Crippen LogP contribution in [0.5, 0.6) is 0 Å². The van der Waals surface area contributed by atoms with Crippen molar-refractivity contribution in [3.63, 3.8) is 0 Å². The highest BCUT2D eigenvalue weighted by Crippen LogP contribution is 2.13. The van der Waals surface area contributed by atoms with Crippen molar-refractivity contribution in [2.75, 3.05) is 6.61 Å². The van der Waals surface area contributed by atoms with Crippen molar-refractivity contribution >= 4 is 5.97 Å². The van der Waals surface area contributed by atoms with Gasteiger partial charge in [0.2, 0.25) is 0 Å². The van der Waals surface area contributed by atoms with E-state index in [-0.39, 0.29) is 12.1 Å². The molecule has 0 saturated carbocycles. The molecule has 3 heteroatoms. The summed E-state index contributed by atoms with van der Waals surface area (Å²) in [4.78, 5) is 11.4. The Balaban J connectivity index is 3.06. The lowest BCUT2D eigenvalue weighted by Gasteiger charge is -2.07. The molecule has 0 aliphatic carbocycles. The van der Waals surface area contributed by atoms with Gasteiger partial charge in [0.15, 0.2) is 0 Å². The molecule has 24 heavy (non-hydrogen) atoms. The highest BCUT2D eigenvalue weighted by Gasteiger charge is 2.04. The first-order valence-corrected chi connectivity index (χ1v) is 10.5. The largest absolute Gasteiger partial charge is 0.463 e. The number of ether oxygens (including phenoxy) is 1. The van der Waals surface area contributed by atoms with Crippen LogP contribution < -0.4 is 0 Å². The standard InChI is InChI=1S/C21H42O3/c1-20(2)24-21(23)18-16-14-12-10-8-6-4-3-5-7-9-11-13-15-17-19-22/h20,22H,3-19H2,1-2H3. The van der Waals surface area contributed by atoms with Crippen LogP contribution >= 0.6 is 0 Å². The first-order chi connectivity index (χ1) is 11.7. The van der Waals surface area contributed by atoms with E-state index in [1.54, 1.807) is 0 Å². The maximum absolute atomic E-state index is 11.4. The van der Waals surface area contributed by atoms with Crippen LogP contribution in [0.15, 0.2) is 0 Å². The maximum Gasteiger partial charge on any atom is 0.306 e. The second-order valence-corrected chi connectivity index (χ2v) is 7.32. The molecule has 0 aromatic heterocycles. The average molecular weight is 343 g/mol. The van der Waals surface area contributed by atoms with Gasteiger partial charge in [0, 0.05) is 13.0 Å². The number of hydrogen-bond donors (Lipinski definition) is 1. The molecule has 3 nitrogen and oxygen atoms in total. The molecular formula is C21H42O3. The third kappa shape index (κ3) is 19.5. The molecule has 144 valence electrons. The number of aliphatic hydroxyl groups is 1. The Morgan fingerprint density at radius 3 is 1.33 bits per heavy atom. The second kappa shape index (κ2) is 18.8. The van der Waals surface area contributed by atoms with E-state index in [4.69, 9.17) is 9.84 Å². The predicted octanol–water partition coefficient (Wildman–Crippen LogP) is 6.17. The summed E-state index contributed by atoms with van der Waals surface area (Å²) in [7, 11) is 0. The normalized spacial score (nSPS) is 11.2. The van der Waals surface area contributed by atoms with Crippen LogP contribution in [0, 0.1) is 0 Å². The fourth-order valence-corrected chi connectivity index (χ4v) is 3.00. The van der Waals surface area contributed by atoms with Gasteiger partial charge in [-0.25, -0.2) is 0 Å². The fraction of sp³-hybridized carbons (Fsp3) is 0.952. The number of rotatable bonds is 18. The van der Waals surface area contributed by atoms with Crippen molar-refractivity contribution in [1.82, 2.24) is 0 Å². The van der Waals surface area contributed by atoms with Gasteiger partial charge in [-0.2, -0.15) is 0 Å². The summed E-state index contributed by atoms with van der Waals surface area (Å²) in [5, 5.41) is 8.70. The van der Waals surface area contributed by atoms with E-state index in [0.717, 1.165) is 19.3 Å². The fourth-order valence-electron chi connectivity index (χ4n) is 3.00. The predicted molar refractivity (Wildman–Crippen MR) is 102 cm³/mol. The first kappa shape index (κ1) is 23.4. The van der Waals surface area contributed by atoms with Gasteiger partial charge < -0.3 is 9.84 Å². The van der Waals surface area contributed by atoms with Crippen LogP contribution in [0.2, 0.25) is 0 Å². The van der Waals surface area contributed by atoms with Gasteiger partial charge in [0.1, 0.15) is 0 Å². The van der Waals surface area contributed by atoms with Gasteiger partial charge in [-0.1, -0.05) is 83.5 Å². The van der Waals surface area contributed by atoms with Crippen molar-refractivity contribution in [3.05, 3.63) is 0 Å². The van der Waals surface area contributed by atoms with E-state index in [9.17, 15) is 4.79 Å². The van der Waals surface area contributed by atoms with E-state index in [2.05, 4.69) is 0 Å². The van der Waals surface area contributed by atoms with E-state index in [1.807, 2.05) is 13.8 Å². The summed E-state index contributed by atoms with van der Waals surface area (Å²) in [6.07, 6.45) is 19.7. The van der Waals surface area contributed by atoms with Crippen molar-refractivity contribution in [1.29, 1.82) is 0 Å². The summed E-state index contributed by atoms with van der Waals surface area (Å²) in [5.74, 6) is -0.0432. The molecule has 0 spiro atoms. The molecule has 0 unspecified atom stereocenters. The highest BCUT2D eigenvalue weighted by atomic mass is 16.5. The molecule has 0 amide bonds. The molecule has 0 aromatic rings. The minimum Gasteiger partial charge on any atom is -0.463 e. The summed E-state index contributed by atoms with van der Waals surface area (Å²) >= 11 is 0. The van der Waals surface area contributed by atoms with Crippen LogP contribution in [-0.2, 0) is 9.53 Å². The smallest absolute Gasteiger partial charge is 0.306 e. The van der Waals surface area contributed by atoms with E-state index < -0.39 is 0 Å². The minimum atomic E-state index is -0.0432. The topological polar surface area (TPSA) is 46.5 Å². The third-order valence-electron chi connectivity index (χ3n) is 4.41. The van der Waals surface area contributed by atoms with Gasteiger partial charge in [0.25, 0.3) is 0 Å². The zero-order valence-electron chi connectivity index (χ0n) is 16.4. The first-order valence-electron chi connectivity index (χ1n) is 10.5. The highest BCUT2D eigenvalue weighted by molar-refractivity contribution is 5.69. The molecule has 0 fully saturated rings. The number of carbonyl (C=O) groups excluding carboxylic acids is 1. The third-order valence-corrected chi connectivity index (χ3v) is 4.41. The second-order valence-electron chi connectivity index (χ2n) is 7.32. The number of hydrogen-bond acceptors (Lipinski definition) is 3. The Bertz CT molecular complexity index is 264. The number of aliphatic hydroxyl groups excluding tert-OH is 1. The van der Waals surface area contributed by atoms with E-state index in [0.29, 0.717) is 13.0 Å². The van der Waals surface area contributed by atoms with E-state index >= 15 is 0 Å². The molecule has 0 aliphatic rings. The number of esters is 1. The Hall–Kier alpha value is -0.570. The lowest BCUT2D eigenvalue weighted by Crippen LogP contribution is -2.10. The Kier molecular flexibility index (Phi) is 18.3. The maximum atomic E-state index is 11.4. The van der Waals surface area contributed by atoms with Gasteiger partial charge in [-0.15, -0.1) is 0 Å². The number of unbranched alkanes of at least 4 members (excludes halogenated alkanes) is 14. The summed E-state index contributed by atoms with van der Waals surface area (Å²) in [5.41, 5.74) is 0. The van der Waals surface area contributed by atoms with Crippen LogP contribution in [0.3, 0.4) is 0 Å². The molecular weight excluding hydrogens is 300 g/mol. The molecule has 0 rings (SSSR count). The lowest BCUT2D eigenvalue weighted by atomic mass is 10.0. The zero-order valence-corrected chi connectivity index (χ0v) is 16.4. The molecule has 0 aliphatic heterocycles. The van der Waals surface area contributed by atoms with E-state index in [1.165, 1.54) is 77.0 Å². The van der Waals surface area contributed by atoms with Gasteiger partial charge >= 0.3 is 5.97 Å². The molecule has 1 N–H and O–H groups in total. The van der Waals surface area contributed by atoms with Gasteiger partial charge in [0.05, 0.1) is 6.10 Å². The quantitative estimate of drug-likeness (QED) is 0.239. The Morgan fingerprint density at radius 2 is 1.00 bits per heavy atom. The summed E-state index contributed by atoms with van der Waals surface area (Å²) < 4.78 is 5.13. The van der Waals surface area contributed by atoms with Crippen LogP contribution in [0.1, 0.15) is 117 Å². The number of carbonyl (C=O) groups is 1. The molecule has 0 bridgehead atoms. The molecule has 0 saturated heterocycles. The van der Waals surface area contributed by atoms with Gasteiger partial charge in [-0.05, 0) is 26.7 Å². The van der Waals surface area contributed by atoms with Crippen LogP contribution in [0.4, 0.5) is 0 Å². The minimum absolute atomic E-state index is 0.0174. The SMILES string of the molecule is CC(C)OC(=O)CCCCCCCCCCCCCCCCCO. The van der Waals surface area contributed by atoms with Crippen LogP contribution in [0.25, 0.3) is 0 Å².